The number of hydrogen-bond donors (Lipinski definition) is 2. The van der Waals surface area contributed by atoms with E-state index in [-0.39, 0.29) is 12.0 Å². The largest absolute Gasteiger partial charge is 0.368 e. The summed E-state index contributed by atoms with van der Waals surface area (Å²) in [5.41, 5.74) is 8.61. The Balaban J connectivity index is 1.78. The van der Waals surface area contributed by atoms with E-state index in [4.69, 9.17) is 5.73 Å². The van der Waals surface area contributed by atoms with Crippen molar-refractivity contribution >= 4 is 11.8 Å². The number of aromatic nitrogens is 4. The molecule has 3 aromatic rings. The van der Waals surface area contributed by atoms with E-state index in [1.807, 2.05) is 60.4 Å². The van der Waals surface area contributed by atoms with Crippen LogP contribution in [0.3, 0.4) is 0 Å². The van der Waals surface area contributed by atoms with E-state index in [2.05, 4.69) is 27.3 Å². The van der Waals surface area contributed by atoms with Crippen LogP contribution in [0.5, 0.6) is 0 Å². The smallest absolute Gasteiger partial charge is 0.222 e. The molecule has 0 spiro atoms. The highest BCUT2D eigenvalue weighted by Crippen LogP contribution is 2.19. The monoisotopic (exact) mass is 294 g/mol. The van der Waals surface area contributed by atoms with Crippen LogP contribution >= 0.6 is 0 Å². The first-order valence-electron chi connectivity index (χ1n) is 7.09. The lowest BCUT2D eigenvalue weighted by atomic mass is 10.2. The van der Waals surface area contributed by atoms with Gasteiger partial charge in [0, 0.05) is 23.5 Å². The van der Waals surface area contributed by atoms with Gasteiger partial charge < -0.3 is 11.1 Å². The van der Waals surface area contributed by atoms with Gasteiger partial charge in [0.2, 0.25) is 5.95 Å². The maximum atomic E-state index is 5.68. The number of aryl methyl sites for hydroxylation is 1. The fourth-order valence-corrected chi connectivity index (χ4v) is 2.25. The molecular formula is C16H18N6. The van der Waals surface area contributed by atoms with Crippen LogP contribution in [-0.4, -0.2) is 19.7 Å². The highest BCUT2D eigenvalue weighted by Gasteiger charge is 2.10. The van der Waals surface area contributed by atoms with Crippen LogP contribution in [-0.2, 0) is 0 Å². The van der Waals surface area contributed by atoms with Crippen LogP contribution in [0.2, 0.25) is 0 Å². The number of nitrogen functional groups attached to an aromatic ring is 1. The minimum atomic E-state index is 0.0613. The first-order valence-corrected chi connectivity index (χ1v) is 7.09. The lowest BCUT2D eigenvalue weighted by Gasteiger charge is -2.13. The van der Waals surface area contributed by atoms with E-state index >= 15 is 0 Å². The number of hydrogen-bond acceptors (Lipinski definition) is 5. The summed E-state index contributed by atoms with van der Waals surface area (Å²) in [7, 11) is 0. The topological polar surface area (TPSA) is 81.7 Å². The summed E-state index contributed by atoms with van der Waals surface area (Å²) in [5, 5.41) is 7.72. The Labute approximate surface area is 129 Å². The fraction of sp³-hybridized carbons (Fsp3) is 0.188. The van der Waals surface area contributed by atoms with Crippen molar-refractivity contribution in [2.45, 2.75) is 19.9 Å². The Morgan fingerprint density at radius 2 is 1.95 bits per heavy atom. The first kappa shape index (κ1) is 14.1. The van der Waals surface area contributed by atoms with Crippen LogP contribution in [0.4, 0.5) is 11.8 Å². The molecule has 0 fully saturated rings. The zero-order chi connectivity index (χ0) is 15.5. The van der Waals surface area contributed by atoms with Crippen molar-refractivity contribution in [2.75, 3.05) is 11.1 Å². The number of anilines is 2. The Hall–Kier alpha value is -2.89. The molecule has 0 aliphatic carbocycles. The predicted molar refractivity (Wildman–Crippen MR) is 86.8 cm³/mol. The van der Waals surface area contributed by atoms with Crippen LogP contribution in [0.15, 0.2) is 48.8 Å². The number of nitrogens with one attached hydrogen (secondary N) is 1. The van der Waals surface area contributed by atoms with Crippen LogP contribution < -0.4 is 11.1 Å². The zero-order valence-corrected chi connectivity index (χ0v) is 12.6. The summed E-state index contributed by atoms with van der Waals surface area (Å²) in [4.78, 5) is 8.26. The molecular weight excluding hydrogens is 276 g/mol. The molecule has 112 valence electrons. The van der Waals surface area contributed by atoms with Gasteiger partial charge in [0.1, 0.15) is 5.82 Å². The van der Waals surface area contributed by atoms with E-state index < -0.39 is 0 Å². The maximum Gasteiger partial charge on any atom is 0.222 e. The van der Waals surface area contributed by atoms with Gasteiger partial charge in [0.25, 0.3) is 0 Å². The summed E-state index contributed by atoms with van der Waals surface area (Å²) in [6.45, 7) is 3.95. The number of para-hydroxylation sites is 1. The molecule has 0 radical (unpaired) electrons. The second-order valence-corrected chi connectivity index (χ2v) is 5.17. The summed E-state index contributed by atoms with van der Waals surface area (Å²) in [6, 6.07) is 11.9. The number of nitrogens with zero attached hydrogens (tertiary/aromatic N) is 4. The molecule has 2 heterocycles. The molecule has 3 rings (SSSR count). The second-order valence-electron chi connectivity index (χ2n) is 5.17. The minimum absolute atomic E-state index is 0.0613. The van der Waals surface area contributed by atoms with Gasteiger partial charge in [-0.15, -0.1) is 0 Å². The summed E-state index contributed by atoms with van der Waals surface area (Å²) in [5.74, 6) is 0.986. The summed E-state index contributed by atoms with van der Waals surface area (Å²) >= 11 is 0. The van der Waals surface area contributed by atoms with Gasteiger partial charge in [-0.05, 0) is 26.0 Å². The van der Waals surface area contributed by atoms with Gasteiger partial charge in [-0.3, -0.25) is 0 Å². The number of benzene rings is 1. The molecule has 6 nitrogen and oxygen atoms in total. The highest BCUT2D eigenvalue weighted by atomic mass is 15.3. The average molecular weight is 294 g/mol. The van der Waals surface area contributed by atoms with E-state index in [0.29, 0.717) is 5.82 Å². The van der Waals surface area contributed by atoms with E-state index in [1.165, 1.54) is 0 Å². The van der Waals surface area contributed by atoms with E-state index in [1.54, 1.807) is 0 Å². The molecule has 2 aromatic heterocycles. The third-order valence-corrected chi connectivity index (χ3v) is 3.36. The molecule has 6 heteroatoms. The van der Waals surface area contributed by atoms with Crippen molar-refractivity contribution in [1.82, 2.24) is 19.7 Å². The Kier molecular flexibility index (Phi) is 3.74. The van der Waals surface area contributed by atoms with E-state index in [9.17, 15) is 0 Å². The zero-order valence-electron chi connectivity index (χ0n) is 12.6. The summed E-state index contributed by atoms with van der Waals surface area (Å²) in [6.07, 6.45) is 3.85. The van der Waals surface area contributed by atoms with Crippen molar-refractivity contribution in [3.05, 3.63) is 60.0 Å². The SMILES string of the molecule is Cc1cc(N[C@H](C)c2cnn(-c3ccccc3)c2)nc(N)n1. The quantitative estimate of drug-likeness (QED) is 0.773. The van der Waals surface area contributed by atoms with Crippen LogP contribution in [0.1, 0.15) is 24.2 Å². The molecule has 0 aliphatic heterocycles. The number of rotatable bonds is 4. The lowest BCUT2D eigenvalue weighted by molar-refractivity contribution is 0.862. The molecule has 22 heavy (non-hydrogen) atoms. The van der Waals surface area contributed by atoms with Crippen molar-refractivity contribution in [3.63, 3.8) is 0 Å². The number of nitrogens with two attached hydrogens (primary N) is 1. The molecule has 0 saturated heterocycles. The Morgan fingerprint density at radius 3 is 2.68 bits per heavy atom. The average Bonchev–Trinajstić information content (AvgIpc) is 2.97. The predicted octanol–water partition coefficient (Wildman–Crippen LogP) is 2.73. The van der Waals surface area contributed by atoms with Crippen molar-refractivity contribution in [2.24, 2.45) is 0 Å². The molecule has 0 amide bonds. The summed E-state index contributed by atoms with van der Waals surface area (Å²) < 4.78 is 1.85. The molecule has 0 aliphatic rings. The molecule has 3 N–H and O–H groups in total. The molecule has 0 unspecified atom stereocenters. The van der Waals surface area contributed by atoms with Crippen molar-refractivity contribution in [3.8, 4) is 5.69 Å². The molecule has 1 aromatic carbocycles. The lowest BCUT2D eigenvalue weighted by Crippen LogP contribution is -2.09. The molecule has 1 atom stereocenters. The van der Waals surface area contributed by atoms with Crippen LogP contribution in [0, 0.1) is 6.92 Å². The maximum absolute atomic E-state index is 5.68. The van der Waals surface area contributed by atoms with Crippen molar-refractivity contribution in [1.29, 1.82) is 0 Å². The van der Waals surface area contributed by atoms with Gasteiger partial charge >= 0.3 is 0 Å². The van der Waals surface area contributed by atoms with Gasteiger partial charge in [0.05, 0.1) is 17.9 Å². The first-order chi connectivity index (χ1) is 10.6. The van der Waals surface area contributed by atoms with Gasteiger partial charge in [-0.2, -0.15) is 10.1 Å². The third-order valence-electron chi connectivity index (χ3n) is 3.36. The third kappa shape index (κ3) is 3.06. The van der Waals surface area contributed by atoms with Crippen molar-refractivity contribution < 1.29 is 0 Å². The van der Waals surface area contributed by atoms with Gasteiger partial charge in [0.15, 0.2) is 0 Å². The Bertz CT molecular complexity index is 745. The highest BCUT2D eigenvalue weighted by molar-refractivity contribution is 5.42. The second kappa shape index (κ2) is 5.85. The van der Waals surface area contributed by atoms with Crippen LogP contribution in [0.25, 0.3) is 5.69 Å². The molecule has 0 saturated carbocycles. The minimum Gasteiger partial charge on any atom is -0.368 e. The Morgan fingerprint density at radius 1 is 1.18 bits per heavy atom. The fourth-order valence-electron chi connectivity index (χ4n) is 2.25. The van der Waals surface area contributed by atoms with Gasteiger partial charge in [-0.25, -0.2) is 9.67 Å². The molecule has 0 bridgehead atoms. The van der Waals surface area contributed by atoms with Gasteiger partial charge in [-0.1, -0.05) is 18.2 Å². The van der Waals surface area contributed by atoms with E-state index in [0.717, 1.165) is 16.9 Å². The normalized spacial score (nSPS) is 12.1. The standard InChI is InChI=1S/C16H18N6/c1-11-8-15(21-16(17)19-11)20-12(2)13-9-18-22(10-13)14-6-4-3-5-7-14/h3-10,12H,1-2H3,(H3,17,19,20,21)/t12-/m1/s1.